The summed E-state index contributed by atoms with van der Waals surface area (Å²) in [5.41, 5.74) is 1.50. The van der Waals surface area contributed by atoms with Gasteiger partial charge in [0.15, 0.2) is 0 Å². The number of nitrogens with one attached hydrogen (secondary N) is 1. The molecule has 1 aromatic heterocycles. The second-order valence-electron chi connectivity index (χ2n) is 4.76. The van der Waals surface area contributed by atoms with Gasteiger partial charge in [-0.05, 0) is 19.1 Å². The SMILES string of the molecule is Cc1nc(COc2ccccc2/C=C\C(=O)NS(C)(=O)=O)cs1. The van der Waals surface area contributed by atoms with Crippen LogP contribution < -0.4 is 9.46 Å². The average molecular weight is 352 g/mol. The molecule has 0 aliphatic heterocycles. The Morgan fingerprint density at radius 1 is 1.39 bits per heavy atom. The number of aryl methyl sites for hydroxylation is 1. The maximum atomic E-state index is 11.5. The lowest BCUT2D eigenvalue weighted by Gasteiger charge is -2.07. The van der Waals surface area contributed by atoms with E-state index in [1.165, 1.54) is 6.08 Å². The number of hydrogen-bond acceptors (Lipinski definition) is 6. The summed E-state index contributed by atoms with van der Waals surface area (Å²) in [4.78, 5) is 15.8. The molecule has 0 radical (unpaired) electrons. The van der Waals surface area contributed by atoms with Gasteiger partial charge in [0.1, 0.15) is 12.4 Å². The highest BCUT2D eigenvalue weighted by molar-refractivity contribution is 7.89. The maximum Gasteiger partial charge on any atom is 0.257 e. The summed E-state index contributed by atoms with van der Waals surface area (Å²) in [5.74, 6) is -0.126. The molecule has 122 valence electrons. The normalized spacial score (nSPS) is 11.6. The summed E-state index contributed by atoms with van der Waals surface area (Å²) in [6, 6.07) is 7.16. The Balaban J connectivity index is 2.06. The average Bonchev–Trinajstić information content (AvgIpc) is 2.87. The van der Waals surface area contributed by atoms with E-state index in [1.807, 2.05) is 23.1 Å². The molecule has 0 saturated carbocycles. The predicted molar refractivity (Wildman–Crippen MR) is 89.6 cm³/mol. The largest absolute Gasteiger partial charge is 0.487 e. The van der Waals surface area contributed by atoms with E-state index in [1.54, 1.807) is 29.5 Å². The van der Waals surface area contributed by atoms with Crippen LogP contribution in [-0.2, 0) is 21.4 Å². The van der Waals surface area contributed by atoms with Crippen LogP contribution in [0.5, 0.6) is 5.75 Å². The van der Waals surface area contributed by atoms with E-state index >= 15 is 0 Å². The second kappa shape index (κ2) is 7.38. The zero-order valence-electron chi connectivity index (χ0n) is 12.6. The summed E-state index contributed by atoms with van der Waals surface area (Å²) in [7, 11) is -3.57. The Kier molecular flexibility index (Phi) is 5.51. The molecule has 0 bridgehead atoms. The highest BCUT2D eigenvalue weighted by Crippen LogP contribution is 2.21. The molecular weight excluding hydrogens is 336 g/mol. The Labute approximate surface area is 138 Å². The monoisotopic (exact) mass is 352 g/mol. The van der Waals surface area contributed by atoms with Crippen LogP contribution in [-0.4, -0.2) is 25.6 Å². The quantitative estimate of drug-likeness (QED) is 0.805. The first-order chi connectivity index (χ1) is 10.8. The van der Waals surface area contributed by atoms with Crippen molar-refractivity contribution in [1.82, 2.24) is 9.71 Å². The molecule has 1 amide bonds. The number of amides is 1. The molecule has 0 saturated heterocycles. The van der Waals surface area contributed by atoms with E-state index in [-0.39, 0.29) is 0 Å². The number of benzene rings is 1. The van der Waals surface area contributed by atoms with Crippen molar-refractivity contribution in [1.29, 1.82) is 0 Å². The van der Waals surface area contributed by atoms with Crippen LogP contribution in [0.2, 0.25) is 0 Å². The highest BCUT2D eigenvalue weighted by atomic mass is 32.2. The summed E-state index contributed by atoms with van der Waals surface area (Å²) in [5, 5.41) is 2.89. The van der Waals surface area contributed by atoms with Gasteiger partial charge in [-0.1, -0.05) is 18.2 Å². The maximum absolute atomic E-state index is 11.5. The zero-order chi connectivity index (χ0) is 16.9. The molecule has 1 N–H and O–H groups in total. The highest BCUT2D eigenvalue weighted by Gasteiger charge is 2.06. The summed E-state index contributed by atoms with van der Waals surface area (Å²) in [6.07, 6.45) is 3.57. The standard InChI is InChI=1S/C15H16N2O4S2/c1-11-16-13(10-22-11)9-21-14-6-4-3-5-12(14)7-8-15(18)17-23(2,19)20/h3-8,10H,9H2,1-2H3,(H,17,18)/b8-7-. The number of aromatic nitrogens is 1. The van der Waals surface area contributed by atoms with Gasteiger partial charge in [0.2, 0.25) is 10.0 Å². The van der Waals surface area contributed by atoms with Crippen molar-refractivity contribution in [3.05, 3.63) is 52.0 Å². The molecule has 0 aliphatic rings. The van der Waals surface area contributed by atoms with E-state index in [0.717, 1.165) is 23.0 Å². The lowest BCUT2D eigenvalue weighted by atomic mass is 10.2. The van der Waals surface area contributed by atoms with E-state index in [0.29, 0.717) is 17.9 Å². The Bertz CT molecular complexity index is 826. The smallest absolute Gasteiger partial charge is 0.257 e. The first kappa shape index (κ1) is 17.2. The summed E-state index contributed by atoms with van der Waals surface area (Å²) >= 11 is 1.55. The fourth-order valence-electron chi connectivity index (χ4n) is 1.76. The van der Waals surface area contributed by atoms with Gasteiger partial charge in [-0.3, -0.25) is 4.79 Å². The minimum atomic E-state index is -3.57. The van der Waals surface area contributed by atoms with Crippen LogP contribution >= 0.6 is 11.3 Å². The number of rotatable bonds is 6. The number of ether oxygens (including phenoxy) is 1. The number of carbonyl (C=O) groups is 1. The lowest BCUT2D eigenvalue weighted by molar-refractivity contribution is -0.114. The third-order valence-corrected chi connectivity index (χ3v) is 4.06. The second-order valence-corrected chi connectivity index (χ2v) is 7.57. The van der Waals surface area contributed by atoms with Crippen LogP contribution in [0.25, 0.3) is 6.08 Å². The molecule has 6 nitrogen and oxygen atoms in total. The summed E-state index contributed by atoms with van der Waals surface area (Å²) < 4.78 is 29.5. The van der Waals surface area contributed by atoms with E-state index in [4.69, 9.17) is 4.74 Å². The first-order valence-corrected chi connectivity index (χ1v) is 9.43. The van der Waals surface area contributed by atoms with E-state index in [9.17, 15) is 13.2 Å². The molecule has 0 fully saturated rings. The first-order valence-electron chi connectivity index (χ1n) is 6.66. The molecule has 23 heavy (non-hydrogen) atoms. The number of carbonyl (C=O) groups excluding carboxylic acids is 1. The molecule has 1 aromatic carbocycles. The number of thiazole rings is 1. The van der Waals surface area contributed by atoms with Gasteiger partial charge in [-0.15, -0.1) is 11.3 Å². The molecule has 0 spiro atoms. The van der Waals surface area contributed by atoms with Crippen LogP contribution in [0, 0.1) is 6.92 Å². The van der Waals surface area contributed by atoms with Crippen molar-refractivity contribution in [3.63, 3.8) is 0 Å². The van der Waals surface area contributed by atoms with Gasteiger partial charge in [0.05, 0.1) is 17.0 Å². The zero-order valence-corrected chi connectivity index (χ0v) is 14.3. The molecule has 1 heterocycles. The Hall–Kier alpha value is -2.19. The van der Waals surface area contributed by atoms with Crippen LogP contribution in [0.15, 0.2) is 35.7 Å². The molecule has 2 aromatic rings. The molecular formula is C15H16N2O4S2. The minimum Gasteiger partial charge on any atom is -0.487 e. The van der Waals surface area contributed by atoms with Crippen LogP contribution in [0.1, 0.15) is 16.3 Å². The van der Waals surface area contributed by atoms with Crippen molar-refractivity contribution in [2.45, 2.75) is 13.5 Å². The van der Waals surface area contributed by atoms with Crippen LogP contribution in [0.3, 0.4) is 0 Å². The number of para-hydroxylation sites is 1. The molecule has 0 atom stereocenters. The van der Waals surface area contributed by atoms with E-state index in [2.05, 4.69) is 4.98 Å². The predicted octanol–water partition coefficient (Wildman–Crippen LogP) is 2.12. The van der Waals surface area contributed by atoms with Gasteiger partial charge in [-0.2, -0.15) is 0 Å². The third-order valence-electron chi connectivity index (χ3n) is 2.66. The van der Waals surface area contributed by atoms with Crippen molar-refractivity contribution in [2.24, 2.45) is 0 Å². The van der Waals surface area contributed by atoms with Gasteiger partial charge < -0.3 is 4.74 Å². The van der Waals surface area contributed by atoms with Gasteiger partial charge in [0.25, 0.3) is 5.91 Å². The topological polar surface area (TPSA) is 85.4 Å². The molecule has 2 rings (SSSR count). The third kappa shape index (κ3) is 5.84. The molecule has 0 unspecified atom stereocenters. The Morgan fingerprint density at radius 2 is 2.13 bits per heavy atom. The number of sulfonamides is 1. The summed E-state index contributed by atoms with van der Waals surface area (Å²) in [6.45, 7) is 2.25. The van der Waals surface area contributed by atoms with Crippen LogP contribution in [0.4, 0.5) is 0 Å². The molecule has 8 heteroatoms. The lowest BCUT2D eigenvalue weighted by Crippen LogP contribution is -2.27. The fourth-order valence-corrected chi connectivity index (χ4v) is 2.79. The number of nitrogens with zero attached hydrogens (tertiary/aromatic N) is 1. The molecule has 0 aliphatic carbocycles. The van der Waals surface area contributed by atoms with Gasteiger partial charge >= 0.3 is 0 Å². The van der Waals surface area contributed by atoms with Crippen molar-refractivity contribution in [3.8, 4) is 5.75 Å². The van der Waals surface area contributed by atoms with Crippen molar-refractivity contribution >= 4 is 33.3 Å². The van der Waals surface area contributed by atoms with Gasteiger partial charge in [-0.25, -0.2) is 18.1 Å². The van der Waals surface area contributed by atoms with E-state index < -0.39 is 15.9 Å². The van der Waals surface area contributed by atoms with Crippen molar-refractivity contribution in [2.75, 3.05) is 6.26 Å². The fraction of sp³-hybridized carbons (Fsp3) is 0.200. The van der Waals surface area contributed by atoms with Gasteiger partial charge in [0, 0.05) is 17.0 Å². The Morgan fingerprint density at radius 3 is 2.78 bits per heavy atom. The minimum absolute atomic E-state index is 0.324. The van der Waals surface area contributed by atoms with Crippen molar-refractivity contribution < 1.29 is 17.9 Å². The number of hydrogen-bond donors (Lipinski definition) is 1.